The highest BCUT2D eigenvalue weighted by Gasteiger charge is 2.15. The van der Waals surface area contributed by atoms with E-state index in [9.17, 15) is 4.79 Å². The van der Waals surface area contributed by atoms with Crippen molar-refractivity contribution in [1.29, 1.82) is 0 Å². The van der Waals surface area contributed by atoms with E-state index in [0.717, 1.165) is 5.56 Å². The minimum atomic E-state index is -0.262. The number of ether oxygens (including phenoxy) is 1. The normalized spacial score (nSPS) is 13.9. The molecule has 1 amide bonds. The Bertz CT molecular complexity index is 395. The molecule has 0 aliphatic carbocycles. The van der Waals surface area contributed by atoms with E-state index in [-0.39, 0.29) is 18.0 Å². The lowest BCUT2D eigenvalue weighted by atomic mass is 10.1. The second kappa shape index (κ2) is 8.15. The van der Waals surface area contributed by atoms with Crippen molar-refractivity contribution in [3.8, 4) is 0 Å². The zero-order chi connectivity index (χ0) is 14.3. The summed E-state index contributed by atoms with van der Waals surface area (Å²) in [5.41, 5.74) is 1.10. The molecule has 5 heteroatoms. The first kappa shape index (κ1) is 16.0. The van der Waals surface area contributed by atoms with Gasteiger partial charge in [0.25, 0.3) is 0 Å². The summed E-state index contributed by atoms with van der Waals surface area (Å²) >= 11 is 5.85. The van der Waals surface area contributed by atoms with E-state index in [4.69, 9.17) is 16.3 Å². The molecular formula is C14H21ClN2O2. The second-order valence-corrected chi connectivity index (χ2v) is 4.88. The summed E-state index contributed by atoms with van der Waals surface area (Å²) in [4.78, 5) is 11.8. The molecule has 2 atom stereocenters. The van der Waals surface area contributed by atoms with E-state index in [0.29, 0.717) is 18.2 Å². The molecule has 4 nitrogen and oxygen atoms in total. The summed E-state index contributed by atoms with van der Waals surface area (Å²) < 4.78 is 4.89. The van der Waals surface area contributed by atoms with Crippen molar-refractivity contribution in [2.45, 2.75) is 25.9 Å². The summed E-state index contributed by atoms with van der Waals surface area (Å²) in [7, 11) is 1.61. The van der Waals surface area contributed by atoms with Gasteiger partial charge in [-0.05, 0) is 31.5 Å². The largest absolute Gasteiger partial charge is 0.383 e. The predicted octanol–water partition coefficient (Wildman–Crippen LogP) is 2.14. The fourth-order valence-electron chi connectivity index (χ4n) is 1.73. The Morgan fingerprint density at radius 1 is 1.32 bits per heavy atom. The first-order valence-corrected chi connectivity index (χ1v) is 6.70. The van der Waals surface area contributed by atoms with Crippen LogP contribution in [0.15, 0.2) is 24.3 Å². The number of benzene rings is 1. The minimum absolute atomic E-state index is 0.0298. The van der Waals surface area contributed by atoms with Crippen molar-refractivity contribution in [3.63, 3.8) is 0 Å². The molecule has 0 radical (unpaired) electrons. The zero-order valence-corrected chi connectivity index (χ0v) is 12.3. The molecule has 0 spiro atoms. The van der Waals surface area contributed by atoms with Gasteiger partial charge < -0.3 is 10.1 Å². The van der Waals surface area contributed by atoms with Crippen LogP contribution in [0.1, 0.15) is 25.5 Å². The lowest BCUT2D eigenvalue weighted by Gasteiger charge is -2.20. The monoisotopic (exact) mass is 284 g/mol. The number of halogens is 1. The molecule has 19 heavy (non-hydrogen) atoms. The van der Waals surface area contributed by atoms with Gasteiger partial charge >= 0.3 is 0 Å². The van der Waals surface area contributed by atoms with Gasteiger partial charge in [0.1, 0.15) is 0 Å². The minimum Gasteiger partial charge on any atom is -0.383 e. The predicted molar refractivity (Wildman–Crippen MR) is 77.4 cm³/mol. The van der Waals surface area contributed by atoms with Crippen LogP contribution in [-0.4, -0.2) is 32.2 Å². The Balaban J connectivity index is 2.44. The molecule has 0 heterocycles. The van der Waals surface area contributed by atoms with E-state index in [1.54, 1.807) is 7.11 Å². The molecule has 0 fully saturated rings. The lowest BCUT2D eigenvalue weighted by Crippen LogP contribution is -2.44. The number of methoxy groups -OCH3 is 1. The van der Waals surface area contributed by atoms with Gasteiger partial charge in [-0.3, -0.25) is 10.1 Å². The number of nitrogens with one attached hydrogen (secondary N) is 2. The third-order valence-electron chi connectivity index (χ3n) is 2.87. The average molecular weight is 285 g/mol. The maximum absolute atomic E-state index is 11.8. The van der Waals surface area contributed by atoms with Gasteiger partial charge in [0.2, 0.25) is 5.91 Å². The number of amides is 1. The lowest BCUT2D eigenvalue weighted by molar-refractivity contribution is -0.123. The fraction of sp³-hybridized carbons (Fsp3) is 0.500. The Labute approximate surface area is 119 Å². The van der Waals surface area contributed by atoms with E-state index >= 15 is 0 Å². The van der Waals surface area contributed by atoms with Crippen molar-refractivity contribution in [3.05, 3.63) is 34.9 Å². The van der Waals surface area contributed by atoms with Crippen molar-refractivity contribution < 1.29 is 9.53 Å². The fourth-order valence-corrected chi connectivity index (χ4v) is 1.85. The molecule has 0 aliphatic rings. The molecule has 0 aliphatic heterocycles. The molecule has 1 rings (SSSR count). The molecule has 1 unspecified atom stereocenters. The van der Waals surface area contributed by atoms with E-state index in [2.05, 4.69) is 10.6 Å². The maximum atomic E-state index is 11.8. The van der Waals surface area contributed by atoms with Gasteiger partial charge in [-0.15, -0.1) is 0 Å². The van der Waals surface area contributed by atoms with Crippen LogP contribution in [0.25, 0.3) is 0 Å². The Morgan fingerprint density at radius 3 is 2.53 bits per heavy atom. The first-order valence-electron chi connectivity index (χ1n) is 6.32. The smallest absolute Gasteiger partial charge is 0.236 e. The highest BCUT2D eigenvalue weighted by atomic mass is 35.5. The number of rotatable bonds is 7. The van der Waals surface area contributed by atoms with Crippen LogP contribution in [-0.2, 0) is 9.53 Å². The Hall–Kier alpha value is -1.10. The molecule has 106 valence electrons. The van der Waals surface area contributed by atoms with Crippen LogP contribution < -0.4 is 10.6 Å². The highest BCUT2D eigenvalue weighted by Crippen LogP contribution is 2.16. The molecule has 1 aromatic carbocycles. The quantitative estimate of drug-likeness (QED) is 0.754. The summed E-state index contributed by atoms with van der Waals surface area (Å²) in [6.07, 6.45) is 0. The summed E-state index contributed by atoms with van der Waals surface area (Å²) in [6, 6.07) is 7.42. The van der Waals surface area contributed by atoms with Crippen LogP contribution in [0.2, 0.25) is 5.02 Å². The van der Waals surface area contributed by atoms with Gasteiger partial charge in [0, 0.05) is 24.7 Å². The number of carbonyl (C=O) groups is 1. The van der Waals surface area contributed by atoms with Gasteiger partial charge in [-0.1, -0.05) is 23.7 Å². The van der Waals surface area contributed by atoms with E-state index in [1.807, 2.05) is 38.1 Å². The first-order chi connectivity index (χ1) is 9.04. The van der Waals surface area contributed by atoms with Crippen molar-refractivity contribution in [2.75, 3.05) is 20.3 Å². The number of carbonyl (C=O) groups excluding carboxylic acids is 1. The second-order valence-electron chi connectivity index (χ2n) is 4.45. The third-order valence-corrected chi connectivity index (χ3v) is 3.12. The summed E-state index contributed by atoms with van der Waals surface area (Å²) in [5, 5.41) is 6.76. The SMILES string of the molecule is COCCNC(=O)C(C)N[C@H](C)c1ccc(Cl)cc1. The highest BCUT2D eigenvalue weighted by molar-refractivity contribution is 6.30. The Kier molecular flexibility index (Phi) is 6.84. The van der Waals surface area contributed by atoms with Crippen LogP contribution in [0.5, 0.6) is 0 Å². The van der Waals surface area contributed by atoms with Gasteiger partial charge in [-0.2, -0.15) is 0 Å². The number of hydrogen-bond donors (Lipinski definition) is 2. The van der Waals surface area contributed by atoms with Crippen LogP contribution >= 0.6 is 11.6 Å². The standard InChI is InChI=1S/C14H21ClN2O2/c1-10(12-4-6-13(15)7-5-12)17-11(2)14(18)16-8-9-19-3/h4-7,10-11,17H,8-9H2,1-3H3,(H,16,18)/t10-,11?/m1/s1. The van der Waals surface area contributed by atoms with Gasteiger partial charge in [0.15, 0.2) is 0 Å². The van der Waals surface area contributed by atoms with Crippen molar-refractivity contribution >= 4 is 17.5 Å². The van der Waals surface area contributed by atoms with E-state index < -0.39 is 0 Å². The molecule has 0 saturated heterocycles. The molecule has 0 aromatic heterocycles. The Morgan fingerprint density at radius 2 is 1.95 bits per heavy atom. The maximum Gasteiger partial charge on any atom is 0.236 e. The molecule has 0 bridgehead atoms. The van der Waals surface area contributed by atoms with Crippen LogP contribution in [0, 0.1) is 0 Å². The van der Waals surface area contributed by atoms with Gasteiger partial charge in [0.05, 0.1) is 12.6 Å². The third kappa shape index (κ3) is 5.59. The molecule has 0 saturated carbocycles. The van der Waals surface area contributed by atoms with Crippen LogP contribution in [0.4, 0.5) is 0 Å². The average Bonchev–Trinajstić information content (AvgIpc) is 2.39. The molecule has 2 N–H and O–H groups in total. The van der Waals surface area contributed by atoms with Crippen LogP contribution in [0.3, 0.4) is 0 Å². The summed E-state index contributed by atoms with van der Waals surface area (Å²) in [6.45, 7) is 4.90. The van der Waals surface area contributed by atoms with Crippen molar-refractivity contribution in [2.24, 2.45) is 0 Å². The topological polar surface area (TPSA) is 50.4 Å². The molecule has 1 aromatic rings. The summed E-state index contributed by atoms with van der Waals surface area (Å²) in [5.74, 6) is -0.0298. The van der Waals surface area contributed by atoms with Crippen molar-refractivity contribution in [1.82, 2.24) is 10.6 Å². The van der Waals surface area contributed by atoms with E-state index in [1.165, 1.54) is 0 Å². The zero-order valence-electron chi connectivity index (χ0n) is 11.6. The number of hydrogen-bond acceptors (Lipinski definition) is 3. The van der Waals surface area contributed by atoms with Gasteiger partial charge in [-0.25, -0.2) is 0 Å². The molecular weight excluding hydrogens is 264 g/mol.